The van der Waals surface area contributed by atoms with Gasteiger partial charge in [-0.1, -0.05) is 24.8 Å². The van der Waals surface area contributed by atoms with E-state index in [1.807, 2.05) is 55.9 Å². The lowest BCUT2D eigenvalue weighted by molar-refractivity contribution is 0.870. The normalized spacial score (nSPS) is 13.7. The van der Waals surface area contributed by atoms with Crippen LogP contribution in [0.2, 0.25) is 0 Å². The van der Waals surface area contributed by atoms with Gasteiger partial charge in [0.2, 0.25) is 0 Å². The number of anilines is 2. The molecule has 0 unspecified atom stereocenters. The van der Waals surface area contributed by atoms with E-state index < -0.39 is 0 Å². The van der Waals surface area contributed by atoms with Crippen molar-refractivity contribution in [2.45, 2.75) is 20.8 Å². The maximum atomic E-state index is 4.74. The molecule has 24 heavy (non-hydrogen) atoms. The van der Waals surface area contributed by atoms with Crippen LogP contribution in [0.4, 0.5) is 11.5 Å². The second-order valence-electron chi connectivity index (χ2n) is 5.48. The van der Waals surface area contributed by atoms with Crippen molar-refractivity contribution >= 4 is 40.3 Å². The van der Waals surface area contributed by atoms with Crippen LogP contribution in [0.25, 0.3) is 28.8 Å². The molecule has 0 saturated carbocycles. The molecule has 5 nitrogen and oxygen atoms in total. The van der Waals surface area contributed by atoms with Crippen molar-refractivity contribution in [3.8, 4) is 0 Å². The van der Waals surface area contributed by atoms with Crippen molar-refractivity contribution in [2.75, 3.05) is 5.32 Å². The van der Waals surface area contributed by atoms with Crippen LogP contribution >= 0.6 is 0 Å². The average molecular weight is 319 g/mol. The van der Waals surface area contributed by atoms with Gasteiger partial charge in [0.05, 0.1) is 17.1 Å². The summed E-state index contributed by atoms with van der Waals surface area (Å²) in [6, 6.07) is 6.07. The third-order valence-corrected chi connectivity index (χ3v) is 3.98. The molecule has 2 aromatic heterocycles. The lowest BCUT2D eigenvalue weighted by atomic mass is 10.2. The Morgan fingerprint density at radius 2 is 2.17 bits per heavy atom. The molecule has 0 atom stereocenters. The molecule has 0 fully saturated rings. The molecule has 0 spiro atoms. The molecule has 0 saturated heterocycles. The van der Waals surface area contributed by atoms with Crippen molar-refractivity contribution < 1.29 is 0 Å². The van der Waals surface area contributed by atoms with Gasteiger partial charge in [0.15, 0.2) is 5.82 Å². The van der Waals surface area contributed by atoms with E-state index in [4.69, 9.17) is 5.10 Å². The first-order valence-corrected chi connectivity index (χ1v) is 7.89. The minimum atomic E-state index is 0.814. The molecule has 0 bridgehead atoms. The zero-order chi connectivity index (χ0) is 17.1. The van der Waals surface area contributed by atoms with Crippen LogP contribution in [0.15, 0.2) is 43.1 Å². The van der Waals surface area contributed by atoms with E-state index in [0.717, 1.165) is 38.7 Å². The van der Waals surface area contributed by atoms with Crippen molar-refractivity contribution in [3.05, 3.63) is 53.7 Å². The minimum Gasteiger partial charge on any atom is -0.338 e. The zero-order valence-electron chi connectivity index (χ0n) is 14.2. The molecule has 0 amide bonds. The number of nitrogens with zero attached hydrogens (tertiary/aromatic N) is 3. The Labute approximate surface area is 140 Å². The monoisotopic (exact) mass is 319 g/mol. The summed E-state index contributed by atoms with van der Waals surface area (Å²) in [5.74, 6) is 0.814. The molecule has 0 aliphatic carbocycles. The van der Waals surface area contributed by atoms with Crippen molar-refractivity contribution in [1.29, 1.82) is 0 Å². The van der Waals surface area contributed by atoms with Crippen molar-refractivity contribution in [3.63, 3.8) is 0 Å². The highest BCUT2D eigenvalue weighted by molar-refractivity contribution is 5.82. The van der Waals surface area contributed by atoms with Gasteiger partial charge in [0.1, 0.15) is 0 Å². The maximum Gasteiger partial charge on any atom is 0.160 e. The Morgan fingerprint density at radius 3 is 2.88 bits per heavy atom. The molecule has 0 radical (unpaired) electrons. The number of allylic oxidation sites excluding steroid dienone is 3. The van der Waals surface area contributed by atoms with E-state index in [-0.39, 0.29) is 0 Å². The molecule has 3 aromatic rings. The van der Waals surface area contributed by atoms with Crippen LogP contribution < -0.4 is 15.9 Å². The number of fused-ring (bicyclic) bond motifs is 1. The third-order valence-electron chi connectivity index (χ3n) is 3.98. The van der Waals surface area contributed by atoms with Gasteiger partial charge >= 0.3 is 0 Å². The highest BCUT2D eigenvalue weighted by atomic mass is 15.3. The van der Waals surface area contributed by atoms with Crippen LogP contribution in [0, 0.1) is 0 Å². The van der Waals surface area contributed by atoms with Crippen LogP contribution in [0.5, 0.6) is 0 Å². The fraction of sp³-hybridized carbons (Fsp3) is 0.158. The van der Waals surface area contributed by atoms with Gasteiger partial charge in [-0.3, -0.25) is 5.10 Å². The second-order valence-corrected chi connectivity index (χ2v) is 5.48. The first-order valence-electron chi connectivity index (χ1n) is 7.89. The number of hydrogen-bond acceptors (Lipinski definition) is 3. The molecule has 0 aliphatic heterocycles. The molecular weight excluding hydrogens is 298 g/mol. The minimum absolute atomic E-state index is 0.814. The zero-order valence-corrected chi connectivity index (χ0v) is 14.2. The van der Waals surface area contributed by atoms with E-state index in [1.54, 1.807) is 6.08 Å². The van der Waals surface area contributed by atoms with Crippen molar-refractivity contribution in [1.82, 2.24) is 20.0 Å². The highest BCUT2D eigenvalue weighted by Gasteiger charge is 2.08. The number of rotatable bonds is 4. The molecule has 0 aliphatic rings. The predicted molar refractivity (Wildman–Crippen MR) is 101 cm³/mol. The Bertz CT molecular complexity index is 1030. The van der Waals surface area contributed by atoms with E-state index in [2.05, 4.69) is 34.2 Å². The Balaban J connectivity index is 2.13. The third kappa shape index (κ3) is 2.76. The van der Waals surface area contributed by atoms with Gasteiger partial charge in [-0.05, 0) is 45.0 Å². The van der Waals surface area contributed by atoms with E-state index >= 15 is 0 Å². The first kappa shape index (κ1) is 15.8. The van der Waals surface area contributed by atoms with Gasteiger partial charge in [-0.25, -0.2) is 4.68 Å². The van der Waals surface area contributed by atoms with Gasteiger partial charge in [0, 0.05) is 22.0 Å². The number of aromatic amines is 1. The summed E-state index contributed by atoms with van der Waals surface area (Å²) in [5, 5.41) is 18.3. The predicted octanol–water partition coefficient (Wildman–Crippen LogP) is 3.15. The number of hydrogen-bond donors (Lipinski definition) is 2. The molecular formula is C19H21N5. The summed E-state index contributed by atoms with van der Waals surface area (Å²) in [6.07, 6.45) is 9.66. The fourth-order valence-corrected chi connectivity index (χ4v) is 2.64. The summed E-state index contributed by atoms with van der Waals surface area (Å²) < 4.78 is 1.93. The number of H-pyrrole nitrogens is 1. The van der Waals surface area contributed by atoms with Gasteiger partial charge < -0.3 is 5.32 Å². The molecule has 1 aromatic carbocycles. The number of benzene rings is 1. The van der Waals surface area contributed by atoms with E-state index in [1.165, 1.54) is 0 Å². The second kappa shape index (κ2) is 6.58. The molecule has 122 valence electrons. The van der Waals surface area contributed by atoms with Gasteiger partial charge in [-0.15, -0.1) is 5.10 Å². The largest absolute Gasteiger partial charge is 0.338 e. The summed E-state index contributed by atoms with van der Waals surface area (Å²) in [6.45, 7) is 9.87. The van der Waals surface area contributed by atoms with Crippen molar-refractivity contribution in [2.24, 2.45) is 0 Å². The Kier molecular flexibility index (Phi) is 4.33. The smallest absolute Gasteiger partial charge is 0.160 e. The van der Waals surface area contributed by atoms with Crippen LogP contribution in [0.3, 0.4) is 0 Å². The molecule has 5 heteroatoms. The average Bonchev–Trinajstić information content (AvgIpc) is 3.18. The Hall–Kier alpha value is -3.08. The SMILES string of the molecule is C=C/C=c1\c(=C/C)c(Nc2ccc3[nH]ncc3c2)nn1/C(C)=C/C. The van der Waals surface area contributed by atoms with Crippen LogP contribution in [0.1, 0.15) is 20.8 Å². The molecule has 3 rings (SSSR count). The van der Waals surface area contributed by atoms with Crippen LogP contribution in [-0.2, 0) is 0 Å². The summed E-state index contributed by atoms with van der Waals surface area (Å²) in [5.41, 5.74) is 3.04. The topological polar surface area (TPSA) is 58.5 Å². The molecule has 2 N–H and O–H groups in total. The lowest BCUT2D eigenvalue weighted by Crippen LogP contribution is -2.29. The number of aromatic nitrogens is 4. The van der Waals surface area contributed by atoms with Crippen LogP contribution in [-0.4, -0.2) is 20.0 Å². The summed E-state index contributed by atoms with van der Waals surface area (Å²) >= 11 is 0. The number of nitrogens with one attached hydrogen (secondary N) is 2. The maximum absolute atomic E-state index is 4.74. The quantitative estimate of drug-likeness (QED) is 0.776. The van der Waals surface area contributed by atoms with E-state index in [9.17, 15) is 0 Å². The Morgan fingerprint density at radius 1 is 1.33 bits per heavy atom. The van der Waals surface area contributed by atoms with E-state index in [0.29, 0.717) is 0 Å². The fourth-order valence-electron chi connectivity index (χ4n) is 2.64. The molecule has 2 heterocycles. The van der Waals surface area contributed by atoms with Gasteiger partial charge in [0.25, 0.3) is 0 Å². The highest BCUT2D eigenvalue weighted by Crippen LogP contribution is 2.18. The first-order chi connectivity index (χ1) is 11.7. The standard InChI is InChI=1S/C19H21N5/c1-5-8-18-16(7-3)19(23-24(18)13(4)6-2)21-15-9-10-17-14(11-15)12-20-22-17/h5-12H,1H2,2-4H3,(H,20,22)(H,21,23)/b13-6+,16-7+,18-8+. The lowest BCUT2D eigenvalue weighted by Gasteiger charge is -2.03. The summed E-state index contributed by atoms with van der Waals surface area (Å²) in [4.78, 5) is 0. The summed E-state index contributed by atoms with van der Waals surface area (Å²) in [7, 11) is 0. The van der Waals surface area contributed by atoms with Gasteiger partial charge in [-0.2, -0.15) is 5.10 Å².